The van der Waals surface area contributed by atoms with E-state index in [0.717, 1.165) is 6.07 Å². The van der Waals surface area contributed by atoms with E-state index in [-0.39, 0.29) is 22.2 Å². The summed E-state index contributed by atoms with van der Waals surface area (Å²) in [4.78, 5) is 4.25. The van der Waals surface area contributed by atoms with Gasteiger partial charge in [-0.3, -0.25) is 4.98 Å². The predicted molar refractivity (Wildman–Crippen MR) is 143 cm³/mol. The molecule has 3 aromatic carbocycles. The third kappa shape index (κ3) is 6.34. The van der Waals surface area contributed by atoms with Crippen molar-refractivity contribution < 1.29 is 26.3 Å². The summed E-state index contributed by atoms with van der Waals surface area (Å²) in [5.74, 6) is 0.786. The third-order valence-corrected chi connectivity index (χ3v) is 7.86. The molecule has 0 fully saturated rings. The normalized spacial score (nSPS) is 12.3. The highest BCUT2D eigenvalue weighted by molar-refractivity contribution is 7.91. The average Bonchev–Trinajstić information content (AvgIpc) is 2.86. The number of rotatable bonds is 9. The Kier molecular flexibility index (Phi) is 8.08. The van der Waals surface area contributed by atoms with Gasteiger partial charge in [0.1, 0.15) is 11.5 Å². The number of ether oxygens (including phenoxy) is 1. The number of nitrogens with zero attached hydrogens (tertiary/aromatic N) is 1. The Morgan fingerprint density at radius 3 is 2.37 bits per heavy atom. The van der Waals surface area contributed by atoms with Gasteiger partial charge >= 0.3 is 6.18 Å². The number of sulfone groups is 1. The molecule has 0 aliphatic carbocycles. The predicted octanol–water partition coefficient (Wildman–Crippen LogP) is 7.18. The summed E-state index contributed by atoms with van der Waals surface area (Å²) in [7, 11) is -3.49. The van der Waals surface area contributed by atoms with Crippen LogP contribution in [-0.2, 0) is 16.0 Å². The Hall–Kier alpha value is -3.43. The lowest BCUT2D eigenvalue weighted by Gasteiger charge is -2.15. The van der Waals surface area contributed by atoms with Crippen molar-refractivity contribution in [3.8, 4) is 22.6 Å². The van der Waals surface area contributed by atoms with Gasteiger partial charge in [0.25, 0.3) is 0 Å². The second-order valence-corrected chi connectivity index (χ2v) is 11.5. The number of pyridine rings is 1. The highest BCUT2D eigenvalue weighted by Gasteiger charge is 2.33. The third-order valence-electron chi connectivity index (χ3n) is 6.06. The first-order valence-electron chi connectivity index (χ1n) is 12.3. The van der Waals surface area contributed by atoms with E-state index in [1.165, 1.54) is 18.3 Å². The average molecular weight is 543 g/mol. The molecule has 0 saturated carbocycles. The summed E-state index contributed by atoms with van der Waals surface area (Å²) in [5.41, 5.74) is 1.09. The molecule has 38 heavy (non-hydrogen) atoms. The number of nitrogens with one attached hydrogen (secondary N) is 1. The van der Waals surface area contributed by atoms with Gasteiger partial charge in [-0.1, -0.05) is 44.2 Å². The standard InChI is InChI=1S/C29H29F3N2O3S/c1-19(2)33-14-7-15-38(35,36)24-11-5-10-23(17-24)37-22-9-4-8-21(16-22)27-20(3)18-34-28-25(27)12-6-13-26(28)29(30,31)32/h4-6,8-13,16-19,33H,7,14-15H2,1-3H3. The number of para-hydroxylation sites is 1. The van der Waals surface area contributed by atoms with Crippen LogP contribution in [0.5, 0.6) is 11.5 Å². The number of aromatic nitrogens is 1. The molecule has 5 nitrogen and oxygen atoms in total. The number of fused-ring (bicyclic) bond motifs is 1. The van der Waals surface area contributed by atoms with Gasteiger partial charge in [-0.2, -0.15) is 13.2 Å². The van der Waals surface area contributed by atoms with Crippen molar-refractivity contribution in [3.63, 3.8) is 0 Å². The van der Waals surface area contributed by atoms with Gasteiger partial charge in [0.15, 0.2) is 9.84 Å². The molecule has 0 unspecified atom stereocenters. The molecule has 1 heterocycles. The monoisotopic (exact) mass is 542 g/mol. The Labute approximate surface area is 220 Å². The van der Waals surface area contributed by atoms with Crippen LogP contribution in [-0.4, -0.2) is 31.7 Å². The molecule has 4 rings (SSSR count). The van der Waals surface area contributed by atoms with Gasteiger partial charge in [0, 0.05) is 17.6 Å². The van der Waals surface area contributed by atoms with E-state index in [2.05, 4.69) is 10.3 Å². The molecule has 0 radical (unpaired) electrons. The number of alkyl halides is 3. The summed E-state index contributed by atoms with van der Waals surface area (Å²) < 4.78 is 72.4. The molecule has 0 saturated heterocycles. The summed E-state index contributed by atoms with van der Waals surface area (Å²) >= 11 is 0. The van der Waals surface area contributed by atoms with Gasteiger partial charge in [0.05, 0.1) is 21.7 Å². The quantitative estimate of drug-likeness (QED) is 0.227. The van der Waals surface area contributed by atoms with E-state index in [4.69, 9.17) is 4.74 Å². The maximum Gasteiger partial charge on any atom is 0.418 e. The topological polar surface area (TPSA) is 68.3 Å². The highest BCUT2D eigenvalue weighted by atomic mass is 32.2. The fourth-order valence-electron chi connectivity index (χ4n) is 4.29. The van der Waals surface area contributed by atoms with Crippen LogP contribution < -0.4 is 10.1 Å². The molecule has 0 aliphatic heterocycles. The Bertz CT molecular complexity index is 1550. The van der Waals surface area contributed by atoms with Gasteiger partial charge < -0.3 is 10.1 Å². The molecule has 200 valence electrons. The first-order chi connectivity index (χ1) is 18.0. The highest BCUT2D eigenvalue weighted by Crippen LogP contribution is 2.39. The Morgan fingerprint density at radius 2 is 1.66 bits per heavy atom. The molecule has 0 atom stereocenters. The van der Waals surface area contributed by atoms with Crippen molar-refractivity contribution in [1.82, 2.24) is 10.3 Å². The van der Waals surface area contributed by atoms with E-state index >= 15 is 0 Å². The fraction of sp³-hybridized carbons (Fsp3) is 0.276. The van der Waals surface area contributed by atoms with Crippen molar-refractivity contribution in [2.75, 3.05) is 12.3 Å². The minimum absolute atomic E-state index is 0.0139. The molecule has 0 amide bonds. The molecule has 4 aromatic rings. The van der Waals surface area contributed by atoms with Crippen LogP contribution in [0.25, 0.3) is 22.0 Å². The molecule has 9 heteroatoms. The molecule has 1 aromatic heterocycles. The van der Waals surface area contributed by atoms with Gasteiger partial charge in [0.2, 0.25) is 0 Å². The number of hydrogen-bond donors (Lipinski definition) is 1. The van der Waals surface area contributed by atoms with Crippen LogP contribution in [0.1, 0.15) is 31.4 Å². The SMILES string of the molecule is Cc1cnc2c(C(F)(F)F)cccc2c1-c1cccc(Oc2cccc(S(=O)(=O)CCCNC(C)C)c2)c1. The van der Waals surface area contributed by atoms with Gasteiger partial charge in [-0.25, -0.2) is 8.42 Å². The van der Waals surface area contributed by atoms with Crippen LogP contribution in [0.15, 0.2) is 77.8 Å². The lowest BCUT2D eigenvalue weighted by atomic mass is 9.95. The second kappa shape index (κ2) is 11.1. The summed E-state index contributed by atoms with van der Waals surface area (Å²) in [5, 5.41) is 3.60. The first-order valence-corrected chi connectivity index (χ1v) is 13.9. The Balaban J connectivity index is 1.62. The smallest absolute Gasteiger partial charge is 0.418 e. The molecule has 1 N–H and O–H groups in total. The zero-order chi connectivity index (χ0) is 27.5. The van der Waals surface area contributed by atoms with Crippen molar-refractivity contribution in [2.45, 2.75) is 44.3 Å². The lowest BCUT2D eigenvalue weighted by molar-refractivity contribution is -0.136. The van der Waals surface area contributed by atoms with Gasteiger partial charge in [-0.15, -0.1) is 0 Å². The van der Waals surface area contributed by atoms with E-state index in [1.54, 1.807) is 55.5 Å². The van der Waals surface area contributed by atoms with Crippen molar-refractivity contribution in [1.29, 1.82) is 0 Å². The lowest BCUT2D eigenvalue weighted by Crippen LogP contribution is -2.25. The molecule has 0 aliphatic rings. The maximum atomic E-state index is 13.6. The van der Waals surface area contributed by atoms with Crippen LogP contribution in [0.4, 0.5) is 13.2 Å². The molecular formula is C29H29F3N2O3S. The Morgan fingerprint density at radius 1 is 0.974 bits per heavy atom. The number of benzene rings is 3. The summed E-state index contributed by atoms with van der Waals surface area (Å²) in [6.45, 7) is 6.40. The largest absolute Gasteiger partial charge is 0.457 e. The van der Waals surface area contributed by atoms with E-state index in [9.17, 15) is 21.6 Å². The van der Waals surface area contributed by atoms with Crippen LogP contribution in [0.3, 0.4) is 0 Å². The first kappa shape index (κ1) is 27.6. The fourth-order valence-corrected chi connectivity index (χ4v) is 5.63. The van der Waals surface area contributed by atoms with E-state index < -0.39 is 21.6 Å². The maximum absolute atomic E-state index is 13.6. The minimum atomic E-state index is -4.53. The minimum Gasteiger partial charge on any atom is -0.457 e. The summed E-state index contributed by atoms with van der Waals surface area (Å²) in [6, 6.07) is 17.6. The van der Waals surface area contributed by atoms with Crippen LogP contribution in [0.2, 0.25) is 0 Å². The zero-order valence-electron chi connectivity index (χ0n) is 21.3. The molecule has 0 bridgehead atoms. The molecular weight excluding hydrogens is 513 g/mol. The van der Waals surface area contributed by atoms with E-state index in [1.807, 2.05) is 13.8 Å². The number of aryl methyl sites for hydroxylation is 1. The van der Waals surface area contributed by atoms with Crippen molar-refractivity contribution in [3.05, 3.63) is 84.1 Å². The molecule has 0 spiro atoms. The van der Waals surface area contributed by atoms with Gasteiger partial charge in [-0.05, 0) is 73.0 Å². The second-order valence-electron chi connectivity index (χ2n) is 9.40. The summed E-state index contributed by atoms with van der Waals surface area (Å²) in [6.07, 6.45) is -2.60. The van der Waals surface area contributed by atoms with Crippen LogP contribution >= 0.6 is 0 Å². The number of hydrogen-bond acceptors (Lipinski definition) is 5. The van der Waals surface area contributed by atoms with Crippen molar-refractivity contribution >= 4 is 20.7 Å². The van der Waals surface area contributed by atoms with E-state index in [0.29, 0.717) is 46.5 Å². The zero-order valence-corrected chi connectivity index (χ0v) is 22.2. The van der Waals surface area contributed by atoms with Crippen LogP contribution in [0, 0.1) is 6.92 Å². The number of halogens is 3. The van der Waals surface area contributed by atoms with Crippen molar-refractivity contribution in [2.24, 2.45) is 0 Å².